The summed E-state index contributed by atoms with van der Waals surface area (Å²) in [6, 6.07) is 4.36. The van der Waals surface area contributed by atoms with E-state index in [-0.39, 0.29) is 5.92 Å². The van der Waals surface area contributed by atoms with Crippen LogP contribution in [0.3, 0.4) is 0 Å². The monoisotopic (exact) mass is 267 g/mol. The molecule has 0 fully saturated rings. The molecule has 1 aliphatic carbocycles. The van der Waals surface area contributed by atoms with Crippen molar-refractivity contribution in [1.82, 2.24) is 0 Å². The van der Waals surface area contributed by atoms with E-state index in [2.05, 4.69) is 19.1 Å². The SMILES string of the molecule is CC(CC(O)CN)c1cc2c(cc1Cl)CCCC2. The molecule has 100 valence electrons. The fraction of sp³-hybridized carbons (Fsp3) is 0.600. The van der Waals surface area contributed by atoms with Crippen LogP contribution < -0.4 is 5.73 Å². The highest BCUT2D eigenvalue weighted by atomic mass is 35.5. The van der Waals surface area contributed by atoms with Crippen LogP contribution in [0.25, 0.3) is 0 Å². The van der Waals surface area contributed by atoms with Crippen LogP contribution in [0.1, 0.15) is 48.8 Å². The topological polar surface area (TPSA) is 46.2 Å². The number of aryl methyl sites for hydroxylation is 2. The Hall–Kier alpha value is -0.570. The smallest absolute Gasteiger partial charge is 0.0668 e. The Kier molecular flexibility index (Phi) is 4.66. The van der Waals surface area contributed by atoms with E-state index in [1.807, 2.05) is 0 Å². The van der Waals surface area contributed by atoms with Crippen molar-refractivity contribution < 1.29 is 5.11 Å². The molecule has 2 unspecified atom stereocenters. The van der Waals surface area contributed by atoms with E-state index >= 15 is 0 Å². The first-order chi connectivity index (χ1) is 8.61. The number of hydrogen-bond donors (Lipinski definition) is 2. The Morgan fingerprint density at radius 3 is 2.50 bits per heavy atom. The first kappa shape index (κ1) is 13.9. The molecule has 0 saturated heterocycles. The second kappa shape index (κ2) is 6.05. The molecule has 0 aliphatic heterocycles. The normalized spacial score (nSPS) is 18.2. The minimum absolute atomic E-state index is 0.253. The van der Waals surface area contributed by atoms with Gasteiger partial charge in [0.2, 0.25) is 0 Å². The quantitative estimate of drug-likeness (QED) is 0.881. The third kappa shape index (κ3) is 3.05. The molecule has 2 rings (SSSR count). The van der Waals surface area contributed by atoms with Crippen molar-refractivity contribution in [3.05, 3.63) is 33.8 Å². The molecular weight excluding hydrogens is 246 g/mol. The van der Waals surface area contributed by atoms with E-state index in [4.69, 9.17) is 17.3 Å². The first-order valence-electron chi connectivity index (χ1n) is 6.81. The minimum atomic E-state index is -0.438. The van der Waals surface area contributed by atoms with Gasteiger partial charge >= 0.3 is 0 Å². The van der Waals surface area contributed by atoms with Gasteiger partial charge in [0.1, 0.15) is 0 Å². The molecule has 0 bridgehead atoms. The molecule has 0 aromatic heterocycles. The van der Waals surface area contributed by atoms with Crippen LogP contribution in [0.15, 0.2) is 12.1 Å². The number of aliphatic hydroxyl groups excluding tert-OH is 1. The molecule has 0 amide bonds. The summed E-state index contributed by atoms with van der Waals surface area (Å²) in [5.74, 6) is 0.253. The van der Waals surface area contributed by atoms with Crippen molar-refractivity contribution in [1.29, 1.82) is 0 Å². The zero-order valence-corrected chi connectivity index (χ0v) is 11.7. The van der Waals surface area contributed by atoms with E-state index in [0.717, 1.165) is 23.4 Å². The molecule has 2 nitrogen and oxygen atoms in total. The molecule has 3 N–H and O–H groups in total. The Morgan fingerprint density at radius 1 is 1.28 bits per heavy atom. The van der Waals surface area contributed by atoms with Crippen LogP contribution in [-0.4, -0.2) is 17.8 Å². The summed E-state index contributed by atoms with van der Waals surface area (Å²) in [5, 5.41) is 10.5. The number of halogens is 1. The van der Waals surface area contributed by atoms with Crippen LogP contribution in [0.2, 0.25) is 5.02 Å². The predicted octanol–water partition coefficient (Wildman–Crippen LogP) is 3.03. The van der Waals surface area contributed by atoms with E-state index < -0.39 is 6.10 Å². The molecule has 0 radical (unpaired) electrons. The summed E-state index contributed by atoms with van der Waals surface area (Å²) in [7, 11) is 0. The molecule has 0 saturated carbocycles. The fourth-order valence-electron chi connectivity index (χ4n) is 2.78. The summed E-state index contributed by atoms with van der Waals surface area (Å²) >= 11 is 6.37. The minimum Gasteiger partial charge on any atom is -0.392 e. The van der Waals surface area contributed by atoms with Crippen molar-refractivity contribution in [2.45, 2.75) is 51.0 Å². The molecular formula is C15H22ClNO. The Morgan fingerprint density at radius 2 is 1.89 bits per heavy atom. The molecule has 1 aromatic carbocycles. The maximum atomic E-state index is 9.65. The van der Waals surface area contributed by atoms with Gasteiger partial charge in [-0.05, 0) is 60.8 Å². The van der Waals surface area contributed by atoms with Crippen LogP contribution in [0.4, 0.5) is 0 Å². The lowest BCUT2D eigenvalue weighted by Gasteiger charge is -2.22. The third-order valence-electron chi connectivity index (χ3n) is 3.89. The summed E-state index contributed by atoms with van der Waals surface area (Å²) in [5.41, 5.74) is 9.47. The Bertz CT molecular complexity index is 419. The molecule has 18 heavy (non-hydrogen) atoms. The molecule has 1 aromatic rings. The van der Waals surface area contributed by atoms with Crippen LogP contribution in [-0.2, 0) is 12.8 Å². The van der Waals surface area contributed by atoms with E-state index in [9.17, 15) is 5.11 Å². The number of aliphatic hydroxyl groups is 1. The van der Waals surface area contributed by atoms with Gasteiger partial charge in [0.25, 0.3) is 0 Å². The lowest BCUT2D eigenvalue weighted by molar-refractivity contribution is 0.165. The Balaban J connectivity index is 2.22. The maximum Gasteiger partial charge on any atom is 0.0668 e. The zero-order chi connectivity index (χ0) is 13.1. The van der Waals surface area contributed by atoms with E-state index in [1.165, 1.54) is 24.0 Å². The lowest BCUT2D eigenvalue weighted by Crippen LogP contribution is -2.21. The van der Waals surface area contributed by atoms with Crippen molar-refractivity contribution in [2.75, 3.05) is 6.54 Å². The van der Waals surface area contributed by atoms with Crippen LogP contribution in [0.5, 0.6) is 0 Å². The summed E-state index contributed by atoms with van der Waals surface area (Å²) in [6.45, 7) is 2.42. The van der Waals surface area contributed by atoms with Crippen molar-refractivity contribution >= 4 is 11.6 Å². The molecule has 0 heterocycles. The standard InChI is InChI=1S/C15H22ClNO/c1-10(6-13(18)9-17)14-7-11-4-2-3-5-12(11)8-15(14)16/h7-8,10,13,18H,2-6,9,17H2,1H3. The number of rotatable bonds is 4. The maximum absolute atomic E-state index is 9.65. The average molecular weight is 268 g/mol. The van der Waals surface area contributed by atoms with Crippen molar-refractivity contribution in [3.63, 3.8) is 0 Å². The van der Waals surface area contributed by atoms with Crippen molar-refractivity contribution in [2.24, 2.45) is 5.73 Å². The Labute approximate surface area is 114 Å². The second-order valence-electron chi connectivity index (χ2n) is 5.38. The largest absolute Gasteiger partial charge is 0.392 e. The summed E-state index contributed by atoms with van der Waals surface area (Å²) < 4.78 is 0. The highest BCUT2D eigenvalue weighted by Crippen LogP contribution is 2.33. The van der Waals surface area contributed by atoms with E-state index in [1.54, 1.807) is 0 Å². The number of fused-ring (bicyclic) bond motifs is 1. The van der Waals surface area contributed by atoms with Gasteiger partial charge in [0.05, 0.1) is 6.10 Å². The number of hydrogen-bond acceptors (Lipinski definition) is 2. The molecule has 1 aliphatic rings. The molecule has 3 heteroatoms. The fourth-order valence-corrected chi connectivity index (χ4v) is 3.16. The molecule has 2 atom stereocenters. The molecule has 0 spiro atoms. The van der Waals surface area contributed by atoms with Gasteiger partial charge in [-0.3, -0.25) is 0 Å². The third-order valence-corrected chi connectivity index (χ3v) is 4.22. The number of nitrogens with two attached hydrogens (primary N) is 1. The summed E-state index contributed by atoms with van der Waals surface area (Å²) in [4.78, 5) is 0. The lowest BCUT2D eigenvalue weighted by atomic mass is 9.86. The second-order valence-corrected chi connectivity index (χ2v) is 5.78. The van der Waals surface area contributed by atoms with Crippen LogP contribution in [0, 0.1) is 0 Å². The van der Waals surface area contributed by atoms with Gasteiger partial charge in [-0.2, -0.15) is 0 Å². The van der Waals surface area contributed by atoms with Gasteiger partial charge in [-0.15, -0.1) is 0 Å². The summed E-state index contributed by atoms with van der Waals surface area (Å²) in [6.07, 6.45) is 5.08. The van der Waals surface area contributed by atoms with Gasteiger partial charge in [0, 0.05) is 11.6 Å². The van der Waals surface area contributed by atoms with Gasteiger partial charge < -0.3 is 10.8 Å². The number of benzene rings is 1. The highest BCUT2D eigenvalue weighted by Gasteiger charge is 2.18. The highest BCUT2D eigenvalue weighted by molar-refractivity contribution is 6.31. The van der Waals surface area contributed by atoms with Crippen LogP contribution >= 0.6 is 11.6 Å². The average Bonchev–Trinajstić information content (AvgIpc) is 2.37. The van der Waals surface area contributed by atoms with Gasteiger partial charge in [-0.1, -0.05) is 24.6 Å². The zero-order valence-electron chi connectivity index (χ0n) is 11.0. The predicted molar refractivity (Wildman–Crippen MR) is 76.2 cm³/mol. The van der Waals surface area contributed by atoms with Gasteiger partial charge in [0.15, 0.2) is 0 Å². The van der Waals surface area contributed by atoms with E-state index in [0.29, 0.717) is 13.0 Å². The van der Waals surface area contributed by atoms with Gasteiger partial charge in [-0.25, -0.2) is 0 Å². The van der Waals surface area contributed by atoms with Crippen molar-refractivity contribution in [3.8, 4) is 0 Å². The first-order valence-corrected chi connectivity index (χ1v) is 7.19.